The molecule has 0 radical (unpaired) electrons. The second-order valence-electron chi connectivity index (χ2n) is 13.8. The van der Waals surface area contributed by atoms with Gasteiger partial charge in [0.05, 0.1) is 23.2 Å². The minimum Gasteiger partial charge on any atom is -0.464 e. The highest BCUT2D eigenvalue weighted by Gasteiger charge is 2.45. The van der Waals surface area contributed by atoms with Crippen molar-refractivity contribution >= 4 is 64.8 Å². The van der Waals surface area contributed by atoms with Gasteiger partial charge in [-0.1, -0.05) is 78.3 Å². The molecule has 2 heterocycles. The van der Waals surface area contributed by atoms with Gasteiger partial charge in [0, 0.05) is 27.5 Å². The first-order valence-corrected chi connectivity index (χ1v) is 18.2. The van der Waals surface area contributed by atoms with Gasteiger partial charge < -0.3 is 15.2 Å². The van der Waals surface area contributed by atoms with E-state index in [0.717, 1.165) is 78.5 Å². The van der Waals surface area contributed by atoms with E-state index in [4.69, 9.17) is 21.3 Å². The Bertz CT molecular complexity index is 1730. The maximum Gasteiger partial charge on any atom is 0.306 e. The predicted octanol–water partition coefficient (Wildman–Crippen LogP) is 9.58. The van der Waals surface area contributed by atoms with E-state index < -0.39 is 5.60 Å². The number of carbonyl (C=O) groups is 1. The van der Waals surface area contributed by atoms with E-state index in [1.54, 1.807) is 0 Å². The van der Waals surface area contributed by atoms with E-state index in [2.05, 4.69) is 53.9 Å². The van der Waals surface area contributed by atoms with Gasteiger partial charge in [-0.25, -0.2) is 4.98 Å². The molecule has 1 aromatic heterocycles. The third kappa shape index (κ3) is 9.86. The van der Waals surface area contributed by atoms with E-state index in [1.165, 1.54) is 11.1 Å². The van der Waals surface area contributed by atoms with Gasteiger partial charge in [0.25, 0.3) is 0 Å². The lowest BCUT2D eigenvalue weighted by Crippen LogP contribution is -2.28. The zero-order chi connectivity index (χ0) is 32.9. The molecule has 2 atom stereocenters. The molecule has 3 aromatic carbocycles. The van der Waals surface area contributed by atoms with Crippen molar-refractivity contribution in [1.82, 2.24) is 10.3 Å². The summed E-state index contributed by atoms with van der Waals surface area (Å²) in [5.74, 6) is 0.856. The van der Waals surface area contributed by atoms with Crippen molar-refractivity contribution < 1.29 is 14.6 Å². The average molecular weight is 706 g/mol. The normalized spacial score (nSPS) is 17.7. The summed E-state index contributed by atoms with van der Waals surface area (Å²) in [5, 5.41) is 16.2. The van der Waals surface area contributed by atoms with E-state index >= 15 is 0 Å². The molecule has 254 valence electrons. The number of nitrogens with zero attached hydrogens (tertiary/aromatic N) is 1. The second-order valence-corrected chi connectivity index (χ2v) is 15.4. The van der Waals surface area contributed by atoms with Gasteiger partial charge >= 0.3 is 5.97 Å². The van der Waals surface area contributed by atoms with Crippen molar-refractivity contribution in [3.63, 3.8) is 0 Å². The highest BCUT2D eigenvalue weighted by atomic mass is 35.5. The molecule has 0 spiro atoms. The molecule has 2 aliphatic rings. The Labute approximate surface area is 300 Å². The topological polar surface area (TPSA) is 71.5 Å². The Morgan fingerprint density at radius 2 is 1.92 bits per heavy atom. The van der Waals surface area contributed by atoms with Crippen molar-refractivity contribution in [2.24, 2.45) is 5.41 Å². The number of fused-ring (bicyclic) bond motifs is 1. The summed E-state index contributed by atoms with van der Waals surface area (Å²) >= 11 is 8.17. The molecule has 1 aliphatic heterocycles. The molecule has 6 rings (SSSR count). The van der Waals surface area contributed by atoms with E-state index in [9.17, 15) is 9.90 Å². The van der Waals surface area contributed by atoms with Gasteiger partial charge in [0.1, 0.15) is 6.61 Å². The van der Waals surface area contributed by atoms with Gasteiger partial charge in [-0.2, -0.15) is 11.8 Å². The molecule has 5 nitrogen and oxygen atoms in total. The largest absolute Gasteiger partial charge is 0.464 e. The molecule has 1 unspecified atom stereocenters. The minimum absolute atomic E-state index is 0. The number of pyridine rings is 1. The summed E-state index contributed by atoms with van der Waals surface area (Å²) < 4.78 is 5.70. The van der Waals surface area contributed by atoms with Gasteiger partial charge in [-0.05, 0) is 111 Å². The number of halogens is 2. The maximum absolute atomic E-state index is 12.8. The van der Waals surface area contributed by atoms with Crippen LogP contribution in [0.3, 0.4) is 0 Å². The average Bonchev–Trinajstić information content (AvgIpc) is 3.60. The first kappa shape index (κ1) is 36.4. The van der Waals surface area contributed by atoms with Crippen molar-refractivity contribution in [2.45, 2.75) is 75.7 Å². The second kappa shape index (κ2) is 16.2. The predicted molar refractivity (Wildman–Crippen MR) is 203 cm³/mol. The Morgan fingerprint density at radius 3 is 2.69 bits per heavy atom. The Morgan fingerprint density at radius 1 is 1.10 bits per heavy atom. The summed E-state index contributed by atoms with van der Waals surface area (Å²) in [7, 11) is 0. The van der Waals surface area contributed by atoms with Crippen LogP contribution in [0.1, 0.15) is 85.6 Å². The molecular weight excluding hydrogens is 659 g/mol. The van der Waals surface area contributed by atoms with Crippen LogP contribution in [0.2, 0.25) is 5.02 Å². The highest BCUT2D eigenvalue weighted by molar-refractivity contribution is 7.99. The van der Waals surface area contributed by atoms with Crippen molar-refractivity contribution in [2.75, 3.05) is 18.9 Å². The van der Waals surface area contributed by atoms with Gasteiger partial charge in [0.15, 0.2) is 0 Å². The number of nitrogens with one attached hydrogen (secondary N) is 1. The smallest absolute Gasteiger partial charge is 0.306 e. The van der Waals surface area contributed by atoms with E-state index in [-0.39, 0.29) is 29.0 Å². The van der Waals surface area contributed by atoms with Crippen LogP contribution in [0.4, 0.5) is 0 Å². The quantitative estimate of drug-likeness (QED) is 0.127. The molecule has 4 aromatic rings. The number of hydrogen-bond acceptors (Lipinski definition) is 6. The van der Waals surface area contributed by atoms with Crippen LogP contribution in [0.5, 0.6) is 0 Å². The van der Waals surface area contributed by atoms with Crippen LogP contribution in [0.25, 0.3) is 23.1 Å². The fourth-order valence-corrected chi connectivity index (χ4v) is 8.22. The van der Waals surface area contributed by atoms with Crippen LogP contribution in [-0.4, -0.2) is 41.0 Å². The first-order chi connectivity index (χ1) is 22.7. The monoisotopic (exact) mass is 704 g/mol. The molecule has 1 saturated carbocycles. The molecule has 1 aliphatic carbocycles. The number of carbonyl (C=O) groups excluding carboxylic acids is 1. The third-order valence-electron chi connectivity index (χ3n) is 9.43. The summed E-state index contributed by atoms with van der Waals surface area (Å²) in [4.78, 5) is 17.6. The van der Waals surface area contributed by atoms with Gasteiger partial charge in [-0.15, -0.1) is 12.4 Å². The molecule has 0 bridgehead atoms. The number of esters is 1. The van der Waals surface area contributed by atoms with Crippen molar-refractivity contribution in [3.05, 3.63) is 112 Å². The summed E-state index contributed by atoms with van der Waals surface area (Å²) in [6.07, 6.45) is 10.8. The van der Waals surface area contributed by atoms with E-state index in [1.807, 2.05) is 68.1 Å². The van der Waals surface area contributed by atoms with Crippen LogP contribution in [-0.2, 0) is 21.6 Å². The van der Waals surface area contributed by atoms with Crippen molar-refractivity contribution in [3.8, 4) is 0 Å². The number of rotatable bonds is 14. The molecular formula is C40H46Cl2N2O3S. The molecule has 8 heteroatoms. The third-order valence-corrected chi connectivity index (χ3v) is 11.4. The lowest BCUT2D eigenvalue weighted by atomic mass is 9.90. The number of aromatic nitrogens is 1. The number of aliphatic hydroxyl groups is 1. The standard InChI is InChI=1S/C40H45ClN2O3S.ClH/c1-39(2,45)35-11-4-3-8-29(35)15-19-37(47-27-40(20-21-40)25-38(44)46-26-34-10-6-22-42-34)31-9-5-7-28(23-31)12-17-33-18-14-30-13-16-32(41)24-36(30)43-33;/h3-5,7-9,11-14,16-18,23-24,34,37,42,45H,6,10,15,19-22,25-27H2,1-2H3;1H/t34?,37-;/m1./s1. The van der Waals surface area contributed by atoms with Gasteiger partial charge in [-0.3, -0.25) is 4.79 Å². The van der Waals surface area contributed by atoms with Crippen molar-refractivity contribution in [1.29, 1.82) is 0 Å². The zero-order valence-corrected chi connectivity index (χ0v) is 30.2. The number of aryl methyl sites for hydroxylation is 1. The molecule has 2 N–H and O–H groups in total. The van der Waals surface area contributed by atoms with Crippen LogP contribution in [0.15, 0.2) is 78.9 Å². The van der Waals surface area contributed by atoms with Gasteiger partial charge in [0.2, 0.25) is 0 Å². The number of ether oxygens (including phenoxy) is 1. The zero-order valence-electron chi connectivity index (χ0n) is 27.8. The lowest BCUT2D eigenvalue weighted by Gasteiger charge is -2.24. The summed E-state index contributed by atoms with van der Waals surface area (Å²) in [6.45, 7) is 5.20. The SMILES string of the molecule is CC(C)(O)c1ccccc1CC[C@@H](SCC1(CC(=O)OCC2CCCN2)CC1)c1cccc(C=Cc2ccc3ccc(Cl)cc3n2)c1.Cl. The summed E-state index contributed by atoms with van der Waals surface area (Å²) in [5.41, 5.74) is 5.41. The minimum atomic E-state index is -0.904. The number of benzene rings is 3. The fourth-order valence-electron chi connectivity index (χ4n) is 6.49. The molecule has 0 amide bonds. The lowest BCUT2D eigenvalue weighted by molar-refractivity contribution is -0.145. The molecule has 1 saturated heterocycles. The number of hydrogen-bond donors (Lipinski definition) is 2. The fraction of sp³-hybridized carbons (Fsp3) is 0.400. The van der Waals surface area contributed by atoms with Crippen LogP contribution >= 0.6 is 35.8 Å². The Hall–Kier alpha value is -2.87. The van der Waals surface area contributed by atoms with Crippen LogP contribution < -0.4 is 5.32 Å². The maximum atomic E-state index is 12.8. The van der Waals surface area contributed by atoms with E-state index in [0.29, 0.717) is 24.1 Å². The number of thioether (sulfide) groups is 1. The van der Waals surface area contributed by atoms with Crippen LogP contribution in [0, 0.1) is 5.41 Å². The molecule has 48 heavy (non-hydrogen) atoms. The Balaban J connectivity index is 0.00000451. The molecule has 2 fully saturated rings. The first-order valence-electron chi connectivity index (χ1n) is 16.8. The highest BCUT2D eigenvalue weighted by Crippen LogP contribution is 2.53. The Kier molecular flexibility index (Phi) is 12.3. The summed E-state index contributed by atoms with van der Waals surface area (Å²) in [6, 6.07) is 27.1.